The minimum Gasteiger partial charge on any atom is -0.444 e. The van der Waals surface area contributed by atoms with Crippen LogP contribution in [-0.4, -0.2) is 61.2 Å². The molecule has 0 aliphatic carbocycles. The Labute approximate surface area is 140 Å². The molecule has 0 heterocycles. The quantitative estimate of drug-likeness (QED) is 0.587. The van der Waals surface area contributed by atoms with Crippen molar-refractivity contribution in [1.29, 1.82) is 5.41 Å². The van der Waals surface area contributed by atoms with Gasteiger partial charge in [-0.1, -0.05) is 6.92 Å². The molecule has 0 bridgehead atoms. The van der Waals surface area contributed by atoms with E-state index < -0.39 is 23.6 Å². The summed E-state index contributed by atoms with van der Waals surface area (Å²) >= 11 is 0. The van der Waals surface area contributed by atoms with Crippen LogP contribution in [0.15, 0.2) is 12.3 Å². The lowest BCUT2D eigenvalue weighted by atomic mass is 10.2. The van der Waals surface area contributed by atoms with Gasteiger partial charge >= 0.3 is 12.3 Å². The first-order chi connectivity index (χ1) is 10.9. The van der Waals surface area contributed by atoms with Crippen molar-refractivity contribution in [2.75, 3.05) is 26.7 Å². The van der Waals surface area contributed by atoms with Crippen molar-refractivity contribution in [2.45, 2.75) is 45.5 Å². The molecule has 0 aromatic heterocycles. The molecule has 0 aliphatic rings. The smallest absolute Gasteiger partial charge is 0.432 e. The second kappa shape index (κ2) is 9.51. The van der Waals surface area contributed by atoms with E-state index in [0.29, 0.717) is 25.7 Å². The molecule has 0 spiro atoms. The molecule has 9 heteroatoms. The number of ether oxygens (including phenoxy) is 1. The summed E-state index contributed by atoms with van der Waals surface area (Å²) in [6.45, 7) is 8.43. The highest BCUT2D eigenvalue weighted by atomic mass is 19.4. The minimum absolute atomic E-state index is 0.183. The predicted molar refractivity (Wildman–Crippen MR) is 87.3 cm³/mol. The summed E-state index contributed by atoms with van der Waals surface area (Å²) in [6.07, 6.45) is -3.40. The number of nitrogens with zero attached hydrogens (tertiary/aromatic N) is 1. The van der Waals surface area contributed by atoms with Gasteiger partial charge in [-0.2, -0.15) is 13.2 Å². The van der Waals surface area contributed by atoms with Crippen molar-refractivity contribution in [1.82, 2.24) is 15.5 Å². The van der Waals surface area contributed by atoms with Crippen LogP contribution in [0.1, 0.15) is 27.7 Å². The van der Waals surface area contributed by atoms with Gasteiger partial charge in [-0.3, -0.25) is 5.41 Å². The number of alkyl halides is 3. The van der Waals surface area contributed by atoms with E-state index >= 15 is 0 Å². The van der Waals surface area contributed by atoms with E-state index in [-0.39, 0.29) is 6.04 Å². The summed E-state index contributed by atoms with van der Waals surface area (Å²) in [4.78, 5) is 13.3. The number of hydrogen-bond donors (Lipinski definition) is 3. The maximum Gasteiger partial charge on any atom is 0.432 e. The second-order valence-corrected chi connectivity index (χ2v) is 6.27. The van der Waals surface area contributed by atoms with E-state index in [9.17, 15) is 18.0 Å². The SMILES string of the molecule is CCN[C@H](CN/C=C\C(=N)C(F)(F)F)CN(C)C(=O)OC(C)(C)C. The standard InChI is InChI=1S/C15H27F3N4O2/c1-6-21-11(9-20-8-7-12(19)15(16,17)18)10-22(5)13(23)24-14(2,3)4/h7-8,11,19-21H,6,9-10H2,1-5H3/b8-7-,19-12?/t11-/m1/s1. The molecule has 6 nitrogen and oxygen atoms in total. The van der Waals surface area contributed by atoms with E-state index in [0.717, 1.165) is 6.20 Å². The van der Waals surface area contributed by atoms with Gasteiger partial charge in [0.2, 0.25) is 0 Å². The Hall–Kier alpha value is -1.77. The number of rotatable bonds is 8. The van der Waals surface area contributed by atoms with Crippen molar-refractivity contribution in [3.05, 3.63) is 12.3 Å². The summed E-state index contributed by atoms with van der Waals surface area (Å²) in [6, 6.07) is -0.183. The number of carbonyl (C=O) groups excluding carboxylic acids is 1. The Morgan fingerprint density at radius 3 is 2.38 bits per heavy atom. The van der Waals surface area contributed by atoms with Gasteiger partial charge in [0.15, 0.2) is 0 Å². The van der Waals surface area contributed by atoms with Gasteiger partial charge in [-0.05, 0) is 39.6 Å². The molecular weight excluding hydrogens is 325 g/mol. The van der Waals surface area contributed by atoms with Gasteiger partial charge in [0, 0.05) is 26.2 Å². The number of allylic oxidation sites excluding steroid dienone is 1. The Morgan fingerprint density at radius 1 is 1.33 bits per heavy atom. The Morgan fingerprint density at radius 2 is 1.92 bits per heavy atom. The van der Waals surface area contributed by atoms with Gasteiger partial charge in [0.05, 0.1) is 0 Å². The van der Waals surface area contributed by atoms with E-state index in [1.54, 1.807) is 27.8 Å². The van der Waals surface area contributed by atoms with Crippen LogP contribution in [0.2, 0.25) is 0 Å². The zero-order valence-electron chi connectivity index (χ0n) is 14.8. The largest absolute Gasteiger partial charge is 0.444 e. The average Bonchev–Trinajstić information content (AvgIpc) is 2.40. The highest BCUT2D eigenvalue weighted by Crippen LogP contribution is 2.16. The predicted octanol–water partition coefficient (Wildman–Crippen LogP) is 2.52. The Bertz CT molecular complexity index is 445. The van der Waals surface area contributed by atoms with E-state index in [1.165, 1.54) is 4.90 Å². The van der Waals surface area contributed by atoms with Crippen molar-refractivity contribution in [3.8, 4) is 0 Å². The summed E-state index contributed by atoms with van der Waals surface area (Å²) in [5.74, 6) is 0. The fraction of sp³-hybridized carbons (Fsp3) is 0.733. The van der Waals surface area contributed by atoms with Crippen LogP contribution in [0.3, 0.4) is 0 Å². The highest BCUT2D eigenvalue weighted by Gasteiger charge is 2.32. The molecule has 3 N–H and O–H groups in total. The molecule has 0 saturated carbocycles. The third kappa shape index (κ3) is 10.1. The van der Waals surface area contributed by atoms with Crippen LogP contribution in [0.4, 0.5) is 18.0 Å². The first-order valence-electron chi connectivity index (χ1n) is 7.60. The molecule has 0 radical (unpaired) electrons. The minimum atomic E-state index is -4.66. The van der Waals surface area contributed by atoms with Crippen LogP contribution in [0, 0.1) is 5.41 Å². The zero-order chi connectivity index (χ0) is 19.0. The highest BCUT2D eigenvalue weighted by molar-refractivity contribution is 5.96. The first kappa shape index (κ1) is 22.2. The summed E-state index contributed by atoms with van der Waals surface area (Å²) in [5.41, 5.74) is -2.03. The van der Waals surface area contributed by atoms with E-state index in [2.05, 4.69) is 10.6 Å². The van der Waals surface area contributed by atoms with Crippen LogP contribution in [0.5, 0.6) is 0 Å². The van der Waals surface area contributed by atoms with Crippen LogP contribution >= 0.6 is 0 Å². The van der Waals surface area contributed by atoms with Crippen LogP contribution in [0.25, 0.3) is 0 Å². The maximum absolute atomic E-state index is 12.2. The molecule has 0 fully saturated rings. The molecular formula is C15H27F3N4O2. The maximum atomic E-state index is 12.2. The van der Waals surface area contributed by atoms with E-state index in [1.807, 2.05) is 6.92 Å². The first-order valence-corrected chi connectivity index (χ1v) is 7.60. The molecule has 1 amide bonds. The fourth-order valence-electron chi connectivity index (χ4n) is 1.68. The van der Waals surface area contributed by atoms with E-state index in [4.69, 9.17) is 10.1 Å². The average molecular weight is 352 g/mol. The molecule has 0 unspecified atom stereocenters. The summed E-state index contributed by atoms with van der Waals surface area (Å²) < 4.78 is 41.8. The Balaban J connectivity index is 4.47. The van der Waals surface area contributed by atoms with Gasteiger partial charge < -0.3 is 20.3 Å². The zero-order valence-corrected chi connectivity index (χ0v) is 14.8. The molecule has 0 aromatic carbocycles. The van der Waals surface area contributed by atoms with Crippen LogP contribution < -0.4 is 10.6 Å². The molecule has 0 saturated heterocycles. The van der Waals surface area contributed by atoms with Crippen molar-refractivity contribution < 1.29 is 22.7 Å². The number of hydrogen-bond acceptors (Lipinski definition) is 5. The molecule has 0 aliphatic heterocycles. The van der Waals surface area contributed by atoms with Gasteiger partial charge in [0.1, 0.15) is 11.3 Å². The second-order valence-electron chi connectivity index (χ2n) is 6.27. The van der Waals surface area contributed by atoms with Crippen molar-refractivity contribution >= 4 is 11.8 Å². The number of likely N-dealkylation sites (N-methyl/N-ethyl adjacent to an activating group) is 2. The number of nitrogens with one attached hydrogen (secondary N) is 3. The van der Waals surface area contributed by atoms with Crippen molar-refractivity contribution in [3.63, 3.8) is 0 Å². The lowest BCUT2D eigenvalue weighted by Gasteiger charge is -2.28. The molecule has 1 atom stereocenters. The number of halogens is 3. The molecule has 24 heavy (non-hydrogen) atoms. The third-order valence-electron chi connectivity index (χ3n) is 2.73. The molecule has 140 valence electrons. The summed E-state index contributed by atoms with van der Waals surface area (Å²) in [5, 5.41) is 12.7. The number of carbonyl (C=O) groups is 1. The lowest BCUT2D eigenvalue weighted by Crippen LogP contribution is -2.47. The normalized spacial score (nSPS) is 13.7. The Kier molecular flexibility index (Phi) is 8.81. The van der Waals surface area contributed by atoms with Gasteiger partial charge in [0.25, 0.3) is 0 Å². The monoisotopic (exact) mass is 352 g/mol. The topological polar surface area (TPSA) is 77.5 Å². The van der Waals surface area contributed by atoms with Crippen molar-refractivity contribution in [2.24, 2.45) is 0 Å². The number of amides is 1. The molecule has 0 aromatic rings. The van der Waals surface area contributed by atoms with Crippen LogP contribution in [-0.2, 0) is 4.74 Å². The van der Waals surface area contributed by atoms with Gasteiger partial charge in [-0.15, -0.1) is 0 Å². The molecule has 0 rings (SSSR count). The lowest BCUT2D eigenvalue weighted by molar-refractivity contribution is -0.0584. The summed E-state index contributed by atoms with van der Waals surface area (Å²) in [7, 11) is 1.59. The third-order valence-corrected chi connectivity index (χ3v) is 2.73. The fourth-order valence-corrected chi connectivity index (χ4v) is 1.68. The van der Waals surface area contributed by atoms with Gasteiger partial charge in [-0.25, -0.2) is 4.79 Å².